The third kappa shape index (κ3) is 5.07. The van der Waals surface area contributed by atoms with E-state index in [1.165, 1.54) is 11.1 Å². The number of rotatable bonds is 9. The van der Waals surface area contributed by atoms with Gasteiger partial charge in [0.2, 0.25) is 0 Å². The fraction of sp³-hybridized carbons (Fsp3) is 0.250. The Kier molecular flexibility index (Phi) is 7.18. The second-order valence-electron chi connectivity index (χ2n) is 8.59. The molecule has 0 unspecified atom stereocenters. The molecular weight excluding hydrogens is 424 g/mol. The van der Waals surface area contributed by atoms with Gasteiger partial charge in [-0.25, -0.2) is 4.52 Å². The van der Waals surface area contributed by atoms with Gasteiger partial charge in [-0.1, -0.05) is 67.1 Å². The fourth-order valence-corrected chi connectivity index (χ4v) is 4.04. The molecule has 2 aromatic carbocycles. The number of aryl methyl sites for hydroxylation is 1. The van der Waals surface area contributed by atoms with Crippen LogP contribution in [0.4, 0.5) is 0 Å². The van der Waals surface area contributed by atoms with Crippen molar-refractivity contribution < 1.29 is 9.59 Å². The van der Waals surface area contributed by atoms with E-state index in [1.54, 1.807) is 29.0 Å². The molecule has 1 amide bonds. The SMILES string of the molecule is CCNC(=O)c1ccc2c(C(=O)[C@H](NC[C@@H](C)c3ccc(C)cc3)c3ccccc3)cnn2c1. The van der Waals surface area contributed by atoms with Gasteiger partial charge < -0.3 is 10.6 Å². The van der Waals surface area contributed by atoms with Crippen molar-refractivity contribution in [1.82, 2.24) is 20.2 Å². The summed E-state index contributed by atoms with van der Waals surface area (Å²) in [4.78, 5) is 25.9. The summed E-state index contributed by atoms with van der Waals surface area (Å²) >= 11 is 0. The van der Waals surface area contributed by atoms with E-state index < -0.39 is 6.04 Å². The summed E-state index contributed by atoms with van der Waals surface area (Å²) in [7, 11) is 0. The highest BCUT2D eigenvalue weighted by molar-refractivity contribution is 6.06. The number of hydrogen-bond donors (Lipinski definition) is 2. The van der Waals surface area contributed by atoms with Gasteiger partial charge in [-0.15, -0.1) is 0 Å². The minimum Gasteiger partial charge on any atom is -0.352 e. The van der Waals surface area contributed by atoms with Crippen molar-refractivity contribution in [2.24, 2.45) is 0 Å². The number of amides is 1. The summed E-state index contributed by atoms with van der Waals surface area (Å²) < 4.78 is 1.59. The number of carbonyl (C=O) groups excluding carboxylic acids is 2. The molecule has 4 rings (SSSR count). The van der Waals surface area contributed by atoms with E-state index in [1.807, 2.05) is 37.3 Å². The van der Waals surface area contributed by atoms with Gasteiger partial charge in [0.05, 0.1) is 28.9 Å². The Morgan fingerprint density at radius 1 is 0.971 bits per heavy atom. The van der Waals surface area contributed by atoms with E-state index in [-0.39, 0.29) is 17.6 Å². The van der Waals surface area contributed by atoms with Crippen molar-refractivity contribution in [3.8, 4) is 0 Å². The molecule has 0 radical (unpaired) electrons. The molecule has 2 heterocycles. The van der Waals surface area contributed by atoms with Crippen LogP contribution in [0, 0.1) is 6.92 Å². The van der Waals surface area contributed by atoms with Gasteiger partial charge in [-0.2, -0.15) is 5.10 Å². The lowest BCUT2D eigenvalue weighted by atomic mass is 9.95. The Bertz CT molecular complexity index is 1280. The van der Waals surface area contributed by atoms with Crippen LogP contribution in [-0.4, -0.2) is 34.4 Å². The van der Waals surface area contributed by atoms with E-state index >= 15 is 0 Å². The molecule has 2 atom stereocenters. The van der Waals surface area contributed by atoms with E-state index in [2.05, 4.69) is 53.8 Å². The number of aromatic nitrogens is 2. The monoisotopic (exact) mass is 454 g/mol. The highest BCUT2D eigenvalue weighted by Crippen LogP contribution is 2.24. The number of hydrogen-bond acceptors (Lipinski definition) is 4. The predicted molar refractivity (Wildman–Crippen MR) is 134 cm³/mol. The molecule has 0 aliphatic rings. The van der Waals surface area contributed by atoms with Crippen molar-refractivity contribution in [3.05, 3.63) is 107 Å². The van der Waals surface area contributed by atoms with Crippen LogP contribution >= 0.6 is 0 Å². The van der Waals surface area contributed by atoms with Crippen molar-refractivity contribution in [3.63, 3.8) is 0 Å². The molecule has 0 aliphatic heterocycles. The normalized spacial score (nSPS) is 12.9. The summed E-state index contributed by atoms with van der Waals surface area (Å²) in [5.74, 6) is 0.0212. The minimum atomic E-state index is -0.509. The standard InChI is InChI=1S/C28H30N4O2/c1-4-29-28(34)23-14-15-25-24(17-31-32(25)18-23)27(33)26(22-8-6-5-7-9-22)30-16-20(3)21-12-10-19(2)11-13-21/h5-15,17-18,20,26,30H,4,16H2,1-3H3,(H,29,34)/t20-,26-/m1/s1. The second kappa shape index (κ2) is 10.4. The zero-order valence-electron chi connectivity index (χ0n) is 19.8. The number of nitrogens with one attached hydrogen (secondary N) is 2. The predicted octanol–water partition coefficient (Wildman–Crippen LogP) is 4.71. The molecular formula is C28H30N4O2. The average molecular weight is 455 g/mol. The van der Waals surface area contributed by atoms with Crippen LogP contribution in [0.2, 0.25) is 0 Å². The van der Waals surface area contributed by atoms with Gasteiger partial charge >= 0.3 is 0 Å². The van der Waals surface area contributed by atoms with Crippen LogP contribution in [0.25, 0.3) is 5.52 Å². The number of pyridine rings is 1. The Morgan fingerprint density at radius 2 is 1.71 bits per heavy atom. The molecule has 0 spiro atoms. The lowest BCUT2D eigenvalue weighted by molar-refractivity contribution is 0.0940. The third-order valence-corrected chi connectivity index (χ3v) is 6.05. The maximum atomic E-state index is 13.7. The van der Waals surface area contributed by atoms with Crippen molar-refractivity contribution in [2.45, 2.75) is 32.7 Å². The zero-order valence-corrected chi connectivity index (χ0v) is 19.8. The summed E-state index contributed by atoms with van der Waals surface area (Å²) in [6.45, 7) is 7.30. The number of carbonyl (C=O) groups is 2. The molecule has 2 aromatic heterocycles. The van der Waals surface area contributed by atoms with E-state index in [4.69, 9.17) is 0 Å². The van der Waals surface area contributed by atoms with Crippen molar-refractivity contribution in [2.75, 3.05) is 13.1 Å². The summed E-state index contributed by atoms with van der Waals surface area (Å²) in [6, 6.07) is 21.2. The molecule has 34 heavy (non-hydrogen) atoms. The number of nitrogens with zero attached hydrogens (tertiary/aromatic N) is 2. The highest BCUT2D eigenvalue weighted by Gasteiger charge is 2.25. The van der Waals surface area contributed by atoms with Crippen LogP contribution in [0.1, 0.15) is 63.2 Å². The molecule has 0 saturated heterocycles. The molecule has 6 heteroatoms. The number of ketones is 1. The minimum absolute atomic E-state index is 0.0527. The number of benzene rings is 2. The van der Waals surface area contributed by atoms with Crippen LogP contribution < -0.4 is 10.6 Å². The van der Waals surface area contributed by atoms with E-state index in [0.717, 1.165) is 5.56 Å². The molecule has 6 nitrogen and oxygen atoms in total. The third-order valence-electron chi connectivity index (χ3n) is 6.05. The van der Waals surface area contributed by atoms with Gasteiger partial charge in [-0.05, 0) is 43.0 Å². The molecule has 174 valence electrons. The molecule has 0 saturated carbocycles. The quantitative estimate of drug-likeness (QED) is 0.359. The number of Topliss-reactive ketones (excluding diaryl/α,β-unsaturated/α-hetero) is 1. The first kappa shape index (κ1) is 23.4. The maximum absolute atomic E-state index is 13.7. The lowest BCUT2D eigenvalue weighted by Gasteiger charge is -2.21. The van der Waals surface area contributed by atoms with Gasteiger partial charge in [-0.3, -0.25) is 9.59 Å². The number of fused-ring (bicyclic) bond motifs is 1. The summed E-state index contributed by atoms with van der Waals surface area (Å²) in [5.41, 5.74) is 5.05. The Balaban J connectivity index is 1.60. The lowest BCUT2D eigenvalue weighted by Crippen LogP contribution is -2.31. The topological polar surface area (TPSA) is 75.5 Å². The largest absolute Gasteiger partial charge is 0.352 e. The molecule has 0 bridgehead atoms. The zero-order chi connectivity index (χ0) is 24.1. The highest BCUT2D eigenvalue weighted by atomic mass is 16.1. The molecule has 0 fully saturated rings. The van der Waals surface area contributed by atoms with Gasteiger partial charge in [0.1, 0.15) is 0 Å². The van der Waals surface area contributed by atoms with Crippen molar-refractivity contribution in [1.29, 1.82) is 0 Å². The second-order valence-corrected chi connectivity index (χ2v) is 8.59. The first-order chi connectivity index (χ1) is 16.5. The van der Waals surface area contributed by atoms with E-state index in [9.17, 15) is 9.59 Å². The van der Waals surface area contributed by atoms with Crippen LogP contribution in [0.3, 0.4) is 0 Å². The molecule has 4 aromatic rings. The maximum Gasteiger partial charge on any atom is 0.252 e. The van der Waals surface area contributed by atoms with Gasteiger partial charge in [0.25, 0.3) is 5.91 Å². The summed E-state index contributed by atoms with van der Waals surface area (Å²) in [5, 5.41) is 10.6. The average Bonchev–Trinajstić information content (AvgIpc) is 3.28. The smallest absolute Gasteiger partial charge is 0.252 e. The van der Waals surface area contributed by atoms with Gasteiger partial charge in [0.15, 0.2) is 5.78 Å². The fourth-order valence-electron chi connectivity index (χ4n) is 4.04. The van der Waals surface area contributed by atoms with Crippen LogP contribution in [0.5, 0.6) is 0 Å². The van der Waals surface area contributed by atoms with E-state index in [0.29, 0.717) is 29.7 Å². The van der Waals surface area contributed by atoms with Gasteiger partial charge in [0, 0.05) is 19.3 Å². The Hall–Kier alpha value is -3.77. The molecule has 2 N–H and O–H groups in total. The Morgan fingerprint density at radius 3 is 2.41 bits per heavy atom. The van der Waals surface area contributed by atoms with Crippen LogP contribution in [0.15, 0.2) is 79.1 Å². The first-order valence-corrected chi connectivity index (χ1v) is 11.6. The molecule has 0 aliphatic carbocycles. The van der Waals surface area contributed by atoms with Crippen molar-refractivity contribution >= 4 is 17.2 Å². The van der Waals surface area contributed by atoms with Crippen LogP contribution in [-0.2, 0) is 0 Å². The summed E-state index contributed by atoms with van der Waals surface area (Å²) in [6.07, 6.45) is 3.24. The Labute approximate surface area is 200 Å². The first-order valence-electron chi connectivity index (χ1n) is 11.6.